The lowest BCUT2D eigenvalue weighted by molar-refractivity contribution is 0.0956. The van der Waals surface area contributed by atoms with Crippen LogP contribution >= 0.6 is 11.6 Å². The highest BCUT2D eigenvalue weighted by Gasteiger charge is 2.14. The molecule has 0 spiro atoms. The Bertz CT molecular complexity index is 847. The molecule has 0 radical (unpaired) electrons. The number of aryl methyl sites for hydroxylation is 2. The Balaban J connectivity index is 2.31. The molecule has 0 saturated carbocycles. The van der Waals surface area contributed by atoms with E-state index in [1.807, 2.05) is 26.0 Å². The molecule has 1 heterocycles. The van der Waals surface area contributed by atoms with Gasteiger partial charge in [-0.1, -0.05) is 23.2 Å². The highest BCUT2D eigenvalue weighted by atomic mass is 35.5. The number of hydrogen-bond donors (Lipinski definition) is 1. The van der Waals surface area contributed by atoms with Crippen molar-refractivity contribution in [3.8, 4) is 0 Å². The summed E-state index contributed by atoms with van der Waals surface area (Å²) in [5.74, 6) is -0.544. The fourth-order valence-corrected chi connectivity index (χ4v) is 2.93. The minimum atomic E-state index is -3.12. The lowest BCUT2D eigenvalue weighted by Gasteiger charge is -2.09. The van der Waals surface area contributed by atoms with Crippen LogP contribution < -0.4 is 5.32 Å². The largest absolute Gasteiger partial charge is 0.351 e. The first kappa shape index (κ1) is 16.7. The lowest BCUT2D eigenvalue weighted by atomic mass is 10.1. The smallest absolute Gasteiger partial charge is 0.254 e. The highest BCUT2D eigenvalue weighted by Crippen LogP contribution is 2.24. The number of amides is 1. The van der Waals surface area contributed by atoms with Gasteiger partial charge in [0.15, 0.2) is 0 Å². The van der Waals surface area contributed by atoms with Crippen molar-refractivity contribution in [3.05, 3.63) is 40.0 Å². The van der Waals surface area contributed by atoms with Gasteiger partial charge in [-0.25, -0.2) is 13.4 Å². The summed E-state index contributed by atoms with van der Waals surface area (Å²) in [5, 5.41) is 3.48. The SMILES string of the molecule is Cc1cc(C)c2nc(Cl)c(C(=O)NCCS(C)(=O)=O)cc2c1. The standard InChI is InChI=1S/C15H17ClN2O3S/c1-9-6-10(2)13-11(7-9)8-12(14(16)18-13)15(19)17-4-5-22(3,20)21/h6-8H,4-5H2,1-3H3,(H,17,19). The average Bonchev–Trinajstić information content (AvgIpc) is 2.37. The van der Waals surface area contributed by atoms with Crippen LogP contribution in [0.5, 0.6) is 0 Å². The maximum Gasteiger partial charge on any atom is 0.254 e. The van der Waals surface area contributed by atoms with E-state index in [-0.39, 0.29) is 23.0 Å². The number of fused-ring (bicyclic) bond motifs is 1. The molecular weight excluding hydrogens is 324 g/mol. The normalized spacial score (nSPS) is 11.6. The topological polar surface area (TPSA) is 76.1 Å². The van der Waals surface area contributed by atoms with E-state index in [1.54, 1.807) is 6.07 Å². The Morgan fingerprint density at radius 2 is 1.95 bits per heavy atom. The first-order valence-corrected chi connectivity index (χ1v) is 9.14. The molecule has 0 aliphatic carbocycles. The van der Waals surface area contributed by atoms with E-state index in [4.69, 9.17) is 11.6 Å². The maximum absolute atomic E-state index is 12.1. The number of sulfone groups is 1. The fourth-order valence-electron chi connectivity index (χ4n) is 2.23. The molecule has 0 bridgehead atoms. The van der Waals surface area contributed by atoms with Gasteiger partial charge in [-0.3, -0.25) is 4.79 Å². The van der Waals surface area contributed by atoms with Gasteiger partial charge in [-0.2, -0.15) is 0 Å². The summed E-state index contributed by atoms with van der Waals surface area (Å²) in [6, 6.07) is 5.61. The molecule has 22 heavy (non-hydrogen) atoms. The van der Waals surface area contributed by atoms with Crippen LogP contribution in [-0.4, -0.2) is 37.9 Å². The van der Waals surface area contributed by atoms with E-state index in [0.717, 1.165) is 28.3 Å². The van der Waals surface area contributed by atoms with Crippen molar-refractivity contribution in [2.45, 2.75) is 13.8 Å². The zero-order valence-electron chi connectivity index (χ0n) is 12.6. The van der Waals surface area contributed by atoms with Gasteiger partial charge < -0.3 is 5.32 Å². The Kier molecular flexibility index (Phi) is 4.72. The number of nitrogens with one attached hydrogen (secondary N) is 1. The molecule has 1 amide bonds. The molecule has 0 aliphatic rings. The van der Waals surface area contributed by atoms with E-state index in [0.29, 0.717) is 0 Å². The number of benzene rings is 1. The molecule has 0 atom stereocenters. The number of carbonyl (C=O) groups excluding carboxylic acids is 1. The summed E-state index contributed by atoms with van der Waals surface area (Å²) < 4.78 is 22.2. The van der Waals surface area contributed by atoms with E-state index in [1.165, 1.54) is 0 Å². The van der Waals surface area contributed by atoms with Crippen LogP contribution in [0.25, 0.3) is 10.9 Å². The third-order valence-electron chi connectivity index (χ3n) is 3.21. The first-order chi connectivity index (χ1) is 10.2. The molecule has 1 aromatic heterocycles. The Hall–Kier alpha value is -1.66. The summed E-state index contributed by atoms with van der Waals surface area (Å²) in [5.41, 5.74) is 3.05. The van der Waals surface area contributed by atoms with E-state index in [9.17, 15) is 13.2 Å². The van der Waals surface area contributed by atoms with E-state index < -0.39 is 15.7 Å². The van der Waals surface area contributed by atoms with Crippen molar-refractivity contribution < 1.29 is 13.2 Å². The summed E-state index contributed by atoms with van der Waals surface area (Å²) in [7, 11) is -3.12. The quantitative estimate of drug-likeness (QED) is 0.866. The third kappa shape index (κ3) is 3.96. The molecule has 1 aromatic carbocycles. The number of hydrogen-bond acceptors (Lipinski definition) is 4. The van der Waals surface area contributed by atoms with Gasteiger partial charge in [0.1, 0.15) is 15.0 Å². The number of aromatic nitrogens is 1. The van der Waals surface area contributed by atoms with Crippen LogP contribution in [0.15, 0.2) is 18.2 Å². The molecule has 0 aliphatic heterocycles. The Morgan fingerprint density at radius 1 is 1.27 bits per heavy atom. The van der Waals surface area contributed by atoms with Crippen molar-refractivity contribution in [3.63, 3.8) is 0 Å². The van der Waals surface area contributed by atoms with Gasteiger partial charge >= 0.3 is 0 Å². The van der Waals surface area contributed by atoms with Crippen LogP contribution in [0.1, 0.15) is 21.5 Å². The van der Waals surface area contributed by atoms with Crippen LogP contribution in [-0.2, 0) is 9.84 Å². The molecule has 2 aromatic rings. The Morgan fingerprint density at radius 3 is 2.59 bits per heavy atom. The minimum absolute atomic E-state index is 0.0406. The number of carbonyl (C=O) groups is 1. The summed E-state index contributed by atoms with van der Waals surface area (Å²) in [6.45, 7) is 3.94. The van der Waals surface area contributed by atoms with Gasteiger partial charge in [0, 0.05) is 18.2 Å². The summed E-state index contributed by atoms with van der Waals surface area (Å²) >= 11 is 6.09. The fraction of sp³-hybridized carbons (Fsp3) is 0.333. The van der Waals surface area contributed by atoms with Gasteiger partial charge in [0.05, 0.1) is 16.8 Å². The number of pyridine rings is 1. The highest BCUT2D eigenvalue weighted by molar-refractivity contribution is 7.90. The molecule has 0 fully saturated rings. The minimum Gasteiger partial charge on any atom is -0.351 e. The predicted octanol–water partition coefficient (Wildman–Crippen LogP) is 2.28. The lowest BCUT2D eigenvalue weighted by Crippen LogP contribution is -2.29. The second-order valence-electron chi connectivity index (χ2n) is 5.37. The van der Waals surface area contributed by atoms with E-state index >= 15 is 0 Å². The Labute approximate surface area is 134 Å². The first-order valence-electron chi connectivity index (χ1n) is 6.71. The second-order valence-corrected chi connectivity index (χ2v) is 7.98. The molecule has 0 saturated heterocycles. The summed E-state index contributed by atoms with van der Waals surface area (Å²) in [6.07, 6.45) is 1.12. The molecule has 118 valence electrons. The van der Waals surface area contributed by atoms with Crippen molar-refractivity contribution in [2.24, 2.45) is 0 Å². The summed E-state index contributed by atoms with van der Waals surface area (Å²) in [4.78, 5) is 16.4. The van der Waals surface area contributed by atoms with Gasteiger partial charge in [0.2, 0.25) is 0 Å². The van der Waals surface area contributed by atoms with Gasteiger partial charge in [0.25, 0.3) is 5.91 Å². The maximum atomic E-state index is 12.1. The van der Waals surface area contributed by atoms with Crippen LogP contribution in [0, 0.1) is 13.8 Å². The van der Waals surface area contributed by atoms with E-state index in [2.05, 4.69) is 10.3 Å². The predicted molar refractivity (Wildman–Crippen MR) is 88.3 cm³/mol. The number of rotatable bonds is 4. The molecule has 7 heteroatoms. The molecule has 5 nitrogen and oxygen atoms in total. The zero-order chi connectivity index (χ0) is 16.5. The molecule has 2 rings (SSSR count). The number of halogens is 1. The average molecular weight is 341 g/mol. The third-order valence-corrected chi connectivity index (χ3v) is 4.44. The molecular formula is C15H17ClN2O3S. The molecule has 1 N–H and O–H groups in total. The number of nitrogens with zero attached hydrogens (tertiary/aromatic N) is 1. The van der Waals surface area contributed by atoms with Crippen LogP contribution in [0.2, 0.25) is 5.15 Å². The second kappa shape index (κ2) is 6.22. The zero-order valence-corrected chi connectivity index (χ0v) is 14.2. The van der Waals surface area contributed by atoms with Crippen molar-refractivity contribution in [2.75, 3.05) is 18.6 Å². The monoisotopic (exact) mass is 340 g/mol. The van der Waals surface area contributed by atoms with Crippen molar-refractivity contribution in [1.29, 1.82) is 0 Å². The molecule has 0 unspecified atom stereocenters. The van der Waals surface area contributed by atoms with Crippen molar-refractivity contribution in [1.82, 2.24) is 10.3 Å². The van der Waals surface area contributed by atoms with Crippen LogP contribution in [0.3, 0.4) is 0 Å². The van der Waals surface area contributed by atoms with Gasteiger partial charge in [-0.05, 0) is 31.5 Å². The van der Waals surface area contributed by atoms with Crippen molar-refractivity contribution >= 4 is 38.2 Å². The van der Waals surface area contributed by atoms with Crippen LogP contribution in [0.4, 0.5) is 0 Å². The van der Waals surface area contributed by atoms with Gasteiger partial charge in [-0.15, -0.1) is 0 Å².